The maximum atomic E-state index is 14.2. The van der Waals surface area contributed by atoms with E-state index in [4.69, 9.17) is 0 Å². The van der Waals surface area contributed by atoms with Crippen molar-refractivity contribution in [3.63, 3.8) is 0 Å². The number of unbranched alkanes of at least 4 members (excludes halogenated alkanes) is 1. The summed E-state index contributed by atoms with van der Waals surface area (Å²) in [7, 11) is 0. The average Bonchev–Trinajstić information content (AvgIpc) is 3.41. The van der Waals surface area contributed by atoms with E-state index >= 15 is 0 Å². The van der Waals surface area contributed by atoms with Gasteiger partial charge in [-0.15, -0.1) is 0 Å². The average molecular weight is 496 g/mol. The van der Waals surface area contributed by atoms with E-state index in [1.54, 1.807) is 21.9 Å². The fraction of sp³-hybridized carbons (Fsp3) is 0.226. The van der Waals surface area contributed by atoms with Crippen molar-refractivity contribution in [2.75, 3.05) is 18.0 Å². The smallest absolute Gasteiger partial charge is 0.254 e. The predicted molar refractivity (Wildman–Crippen MR) is 143 cm³/mol. The number of hydrogen-bond donors (Lipinski definition) is 0. The number of rotatable bonds is 7. The standard InChI is InChI=1S/C31H30FN3O2/c1-3-4-19-33(31(37)24-13-11-22(2)12-14-24)21-29(36)35-27-9-6-5-8-26(27)34-20-7-10-28(34)30(35)23-15-17-25(32)18-16-23/h5-18,20,30H,3-4,19,21H2,1-2H3. The van der Waals surface area contributed by atoms with Gasteiger partial charge in [-0.25, -0.2) is 4.39 Å². The SMILES string of the molecule is CCCCN(CC(=O)N1c2ccccc2-n2cccc2C1c1ccc(F)cc1)C(=O)c1ccc(C)cc1. The first-order valence-electron chi connectivity index (χ1n) is 12.7. The molecule has 4 aromatic rings. The number of anilines is 1. The lowest BCUT2D eigenvalue weighted by Gasteiger charge is -2.39. The summed E-state index contributed by atoms with van der Waals surface area (Å²) in [6.45, 7) is 4.48. The van der Waals surface area contributed by atoms with Crippen LogP contribution in [0.1, 0.15) is 53.0 Å². The fourth-order valence-corrected chi connectivity index (χ4v) is 4.94. The maximum Gasteiger partial charge on any atom is 0.254 e. The van der Waals surface area contributed by atoms with Crippen LogP contribution in [0.25, 0.3) is 5.69 Å². The molecule has 0 aliphatic carbocycles. The highest BCUT2D eigenvalue weighted by molar-refractivity contribution is 6.02. The topological polar surface area (TPSA) is 45.6 Å². The Labute approximate surface area is 216 Å². The lowest BCUT2D eigenvalue weighted by Crippen LogP contribution is -2.47. The van der Waals surface area contributed by atoms with Gasteiger partial charge in [0.25, 0.3) is 5.91 Å². The number of nitrogens with zero attached hydrogens (tertiary/aromatic N) is 3. The van der Waals surface area contributed by atoms with Crippen LogP contribution in [0, 0.1) is 12.7 Å². The molecule has 1 aliphatic heterocycles. The van der Waals surface area contributed by atoms with Gasteiger partial charge in [-0.2, -0.15) is 0 Å². The lowest BCUT2D eigenvalue weighted by molar-refractivity contribution is -0.119. The van der Waals surface area contributed by atoms with E-state index in [-0.39, 0.29) is 24.2 Å². The number of hydrogen-bond acceptors (Lipinski definition) is 2. The highest BCUT2D eigenvalue weighted by atomic mass is 19.1. The van der Waals surface area contributed by atoms with Crippen LogP contribution in [-0.4, -0.2) is 34.4 Å². The minimum Gasteiger partial charge on any atom is -0.329 e. The summed E-state index contributed by atoms with van der Waals surface area (Å²) in [5.41, 5.74) is 4.99. The molecule has 6 heteroatoms. The number of aryl methyl sites for hydroxylation is 1. The number of amides is 2. The van der Waals surface area contributed by atoms with Crippen LogP contribution < -0.4 is 4.90 Å². The molecule has 2 amide bonds. The molecule has 5 nitrogen and oxygen atoms in total. The summed E-state index contributed by atoms with van der Waals surface area (Å²) in [5, 5.41) is 0. The highest BCUT2D eigenvalue weighted by Crippen LogP contribution is 2.42. The Morgan fingerprint density at radius 2 is 1.59 bits per heavy atom. The molecule has 0 spiro atoms. The Kier molecular flexibility index (Phi) is 6.91. The first-order chi connectivity index (χ1) is 18.0. The molecule has 0 saturated carbocycles. The minimum absolute atomic E-state index is 0.0561. The largest absolute Gasteiger partial charge is 0.329 e. The Morgan fingerprint density at radius 3 is 2.30 bits per heavy atom. The zero-order chi connectivity index (χ0) is 25.9. The van der Waals surface area contributed by atoms with Crippen LogP contribution in [0.3, 0.4) is 0 Å². The molecule has 1 unspecified atom stereocenters. The van der Waals surface area contributed by atoms with E-state index in [1.807, 2.05) is 73.8 Å². The minimum atomic E-state index is -0.458. The van der Waals surface area contributed by atoms with Gasteiger partial charge in [0.05, 0.1) is 17.1 Å². The van der Waals surface area contributed by atoms with Crippen LogP contribution in [0.4, 0.5) is 10.1 Å². The van der Waals surface area contributed by atoms with Gasteiger partial charge in [-0.1, -0.05) is 55.3 Å². The van der Waals surface area contributed by atoms with Crippen LogP contribution in [0.15, 0.2) is 91.1 Å². The summed E-state index contributed by atoms with van der Waals surface area (Å²) in [4.78, 5) is 31.0. The number of fused-ring (bicyclic) bond motifs is 3. The van der Waals surface area contributed by atoms with Crippen molar-refractivity contribution >= 4 is 17.5 Å². The summed E-state index contributed by atoms with van der Waals surface area (Å²) in [6, 6.07) is 24.9. The number of para-hydroxylation sites is 2. The van der Waals surface area contributed by atoms with E-state index in [0.717, 1.165) is 41.0 Å². The molecule has 1 aromatic heterocycles. The normalized spacial score (nSPS) is 14.1. The molecule has 0 saturated heterocycles. The molecule has 5 rings (SSSR count). The van der Waals surface area contributed by atoms with Gasteiger partial charge in [-0.3, -0.25) is 14.5 Å². The third kappa shape index (κ3) is 4.79. The molecule has 37 heavy (non-hydrogen) atoms. The van der Waals surface area contributed by atoms with Crippen molar-refractivity contribution in [1.82, 2.24) is 9.47 Å². The number of carbonyl (C=O) groups is 2. The molecule has 0 fully saturated rings. The Hall–Kier alpha value is -4.19. The summed E-state index contributed by atoms with van der Waals surface area (Å²) >= 11 is 0. The summed E-state index contributed by atoms with van der Waals surface area (Å²) in [6.07, 6.45) is 3.68. The highest BCUT2D eigenvalue weighted by Gasteiger charge is 2.37. The molecule has 2 heterocycles. The van der Waals surface area contributed by atoms with Crippen LogP contribution in [0.5, 0.6) is 0 Å². The van der Waals surface area contributed by atoms with Crippen LogP contribution in [-0.2, 0) is 4.79 Å². The van der Waals surface area contributed by atoms with E-state index in [1.165, 1.54) is 12.1 Å². The van der Waals surface area contributed by atoms with Gasteiger partial charge < -0.3 is 9.47 Å². The van der Waals surface area contributed by atoms with Gasteiger partial charge in [0, 0.05) is 18.3 Å². The van der Waals surface area contributed by atoms with Crippen molar-refractivity contribution < 1.29 is 14.0 Å². The molecule has 188 valence electrons. The van der Waals surface area contributed by atoms with E-state index in [2.05, 4.69) is 11.5 Å². The van der Waals surface area contributed by atoms with Crippen molar-refractivity contribution in [3.05, 3.63) is 119 Å². The van der Waals surface area contributed by atoms with Gasteiger partial charge in [0.15, 0.2) is 0 Å². The van der Waals surface area contributed by atoms with Crippen molar-refractivity contribution in [1.29, 1.82) is 0 Å². The molecule has 1 aliphatic rings. The lowest BCUT2D eigenvalue weighted by atomic mass is 9.97. The monoisotopic (exact) mass is 495 g/mol. The van der Waals surface area contributed by atoms with Crippen LogP contribution >= 0.6 is 0 Å². The second-order valence-electron chi connectivity index (χ2n) is 9.46. The number of aromatic nitrogens is 1. The summed E-state index contributed by atoms with van der Waals surface area (Å²) < 4.78 is 15.9. The first kappa shape index (κ1) is 24.5. The van der Waals surface area contributed by atoms with Gasteiger partial charge in [0.2, 0.25) is 5.91 Å². The third-order valence-electron chi connectivity index (χ3n) is 6.87. The van der Waals surface area contributed by atoms with Gasteiger partial charge >= 0.3 is 0 Å². The molecule has 0 N–H and O–H groups in total. The molecule has 1 atom stereocenters. The molecular formula is C31H30FN3O2. The first-order valence-corrected chi connectivity index (χ1v) is 12.7. The van der Waals surface area contributed by atoms with Crippen molar-refractivity contribution in [2.45, 2.75) is 32.7 Å². The maximum absolute atomic E-state index is 14.2. The van der Waals surface area contributed by atoms with Crippen molar-refractivity contribution in [2.24, 2.45) is 0 Å². The number of carbonyl (C=O) groups excluding carboxylic acids is 2. The molecular weight excluding hydrogens is 465 g/mol. The fourth-order valence-electron chi connectivity index (χ4n) is 4.94. The van der Waals surface area contributed by atoms with E-state index in [0.29, 0.717) is 12.1 Å². The zero-order valence-electron chi connectivity index (χ0n) is 21.1. The van der Waals surface area contributed by atoms with E-state index in [9.17, 15) is 14.0 Å². The Morgan fingerprint density at radius 1 is 0.892 bits per heavy atom. The number of benzene rings is 3. The zero-order valence-corrected chi connectivity index (χ0v) is 21.1. The molecule has 0 bridgehead atoms. The second kappa shape index (κ2) is 10.4. The number of halogens is 1. The predicted octanol–water partition coefficient (Wildman–Crippen LogP) is 6.30. The van der Waals surface area contributed by atoms with E-state index < -0.39 is 6.04 Å². The van der Waals surface area contributed by atoms with Crippen molar-refractivity contribution in [3.8, 4) is 5.69 Å². The summed E-state index contributed by atoms with van der Waals surface area (Å²) in [5.74, 6) is -0.678. The second-order valence-corrected chi connectivity index (χ2v) is 9.46. The van der Waals surface area contributed by atoms with Crippen LogP contribution in [0.2, 0.25) is 0 Å². The molecule has 3 aromatic carbocycles. The quantitative estimate of drug-likeness (QED) is 0.302. The Balaban J connectivity index is 1.55. The third-order valence-corrected chi connectivity index (χ3v) is 6.87. The van der Waals surface area contributed by atoms with Gasteiger partial charge in [0.1, 0.15) is 18.4 Å². The molecule has 0 radical (unpaired) electrons. The Bertz CT molecular complexity index is 1410. The van der Waals surface area contributed by atoms with Gasteiger partial charge in [-0.05, 0) is 67.4 Å².